The van der Waals surface area contributed by atoms with Crippen LogP contribution in [0.25, 0.3) is 21.0 Å². The molecule has 0 spiro atoms. The zero-order valence-corrected chi connectivity index (χ0v) is 13.6. The second kappa shape index (κ2) is 5.90. The molecule has 0 aliphatic rings. The van der Waals surface area contributed by atoms with Crippen molar-refractivity contribution < 1.29 is 9.53 Å². The summed E-state index contributed by atoms with van der Waals surface area (Å²) in [6.45, 7) is 0. The average Bonchev–Trinajstić information content (AvgIpc) is 3.03. The van der Waals surface area contributed by atoms with E-state index in [4.69, 9.17) is 4.74 Å². The van der Waals surface area contributed by atoms with Crippen LogP contribution in [0.2, 0.25) is 0 Å². The van der Waals surface area contributed by atoms with Gasteiger partial charge in [0.15, 0.2) is 5.13 Å². The van der Waals surface area contributed by atoms with E-state index in [0.29, 0.717) is 16.6 Å². The van der Waals surface area contributed by atoms with E-state index in [2.05, 4.69) is 15.3 Å². The summed E-state index contributed by atoms with van der Waals surface area (Å²) < 4.78 is 6.26. The number of benzene rings is 2. The first kappa shape index (κ1) is 14.6. The van der Waals surface area contributed by atoms with Crippen LogP contribution in [-0.2, 0) is 0 Å². The number of ether oxygens (including phenoxy) is 1. The Morgan fingerprint density at radius 3 is 2.88 bits per heavy atom. The fraction of sp³-hybridized carbons (Fsp3) is 0.0556. The molecule has 24 heavy (non-hydrogen) atoms. The lowest BCUT2D eigenvalue weighted by atomic mass is 10.1. The molecule has 1 amide bonds. The quantitative estimate of drug-likeness (QED) is 0.612. The number of anilines is 1. The van der Waals surface area contributed by atoms with Crippen LogP contribution in [0.1, 0.15) is 10.5 Å². The third-order valence-electron chi connectivity index (χ3n) is 3.71. The van der Waals surface area contributed by atoms with Crippen molar-refractivity contribution in [2.24, 2.45) is 0 Å². The molecule has 2 aromatic heterocycles. The van der Waals surface area contributed by atoms with Crippen LogP contribution in [0.4, 0.5) is 5.13 Å². The molecule has 6 heteroatoms. The van der Waals surface area contributed by atoms with Gasteiger partial charge >= 0.3 is 0 Å². The summed E-state index contributed by atoms with van der Waals surface area (Å²) in [6.07, 6.45) is 1.64. The zero-order chi connectivity index (χ0) is 16.5. The minimum absolute atomic E-state index is 0.273. The molecule has 0 atom stereocenters. The molecule has 5 nitrogen and oxygen atoms in total. The summed E-state index contributed by atoms with van der Waals surface area (Å²) in [5.74, 6) is 0.414. The van der Waals surface area contributed by atoms with Crippen LogP contribution >= 0.6 is 11.3 Å². The molecule has 0 saturated carbocycles. The number of carbonyl (C=O) groups is 1. The molecule has 118 valence electrons. The summed E-state index contributed by atoms with van der Waals surface area (Å²) in [5, 5.41) is 5.16. The van der Waals surface area contributed by atoms with Crippen LogP contribution in [0, 0.1) is 0 Å². The van der Waals surface area contributed by atoms with Gasteiger partial charge in [-0.3, -0.25) is 15.1 Å². The smallest absolute Gasteiger partial charge is 0.276 e. The average molecular weight is 335 g/mol. The van der Waals surface area contributed by atoms with Crippen LogP contribution in [0.15, 0.2) is 54.7 Å². The van der Waals surface area contributed by atoms with Crippen molar-refractivity contribution in [3.05, 3.63) is 60.4 Å². The van der Waals surface area contributed by atoms with Gasteiger partial charge < -0.3 is 4.74 Å². The van der Waals surface area contributed by atoms with Crippen molar-refractivity contribution in [2.45, 2.75) is 0 Å². The number of aromatic nitrogens is 2. The highest BCUT2D eigenvalue weighted by molar-refractivity contribution is 7.22. The molecule has 0 aliphatic carbocycles. The van der Waals surface area contributed by atoms with Crippen molar-refractivity contribution in [3.63, 3.8) is 0 Å². The van der Waals surface area contributed by atoms with Gasteiger partial charge in [-0.1, -0.05) is 41.7 Å². The summed E-state index contributed by atoms with van der Waals surface area (Å²) in [5.41, 5.74) is 1.13. The monoisotopic (exact) mass is 335 g/mol. The maximum Gasteiger partial charge on any atom is 0.276 e. The van der Waals surface area contributed by atoms with Crippen LogP contribution in [0.3, 0.4) is 0 Å². The molecule has 0 radical (unpaired) electrons. The Kier molecular flexibility index (Phi) is 3.59. The van der Waals surface area contributed by atoms with E-state index in [0.717, 1.165) is 21.0 Å². The second-order valence-corrected chi connectivity index (χ2v) is 6.19. The van der Waals surface area contributed by atoms with Crippen LogP contribution < -0.4 is 10.1 Å². The van der Waals surface area contributed by atoms with E-state index < -0.39 is 0 Å². The van der Waals surface area contributed by atoms with Gasteiger partial charge in [-0.25, -0.2) is 4.98 Å². The number of nitrogens with zero attached hydrogens (tertiary/aromatic N) is 2. The van der Waals surface area contributed by atoms with E-state index >= 15 is 0 Å². The van der Waals surface area contributed by atoms with E-state index in [1.54, 1.807) is 13.3 Å². The Hall–Kier alpha value is -2.99. The molecule has 0 unspecified atom stereocenters. The number of amides is 1. The van der Waals surface area contributed by atoms with E-state index in [-0.39, 0.29) is 5.91 Å². The van der Waals surface area contributed by atoms with Crippen molar-refractivity contribution in [2.75, 3.05) is 12.4 Å². The van der Waals surface area contributed by atoms with Crippen molar-refractivity contribution in [3.8, 4) is 5.75 Å². The van der Waals surface area contributed by atoms with Gasteiger partial charge in [-0.05, 0) is 23.6 Å². The van der Waals surface area contributed by atoms with Crippen molar-refractivity contribution >= 4 is 43.4 Å². The number of fused-ring (bicyclic) bond motifs is 2. The largest absolute Gasteiger partial charge is 0.494 e. The number of carbonyl (C=O) groups excluding carboxylic acids is 1. The first-order valence-corrected chi connectivity index (χ1v) is 8.16. The SMILES string of the molecule is COc1cccc2sc(NC(=O)c3nccc4ccccc34)nc12. The maximum atomic E-state index is 12.6. The Labute approximate surface area is 141 Å². The number of methoxy groups -OCH3 is 1. The predicted octanol–water partition coefficient (Wildman–Crippen LogP) is 4.11. The Morgan fingerprint density at radius 2 is 2.00 bits per heavy atom. The van der Waals surface area contributed by atoms with Crippen LogP contribution in [0.5, 0.6) is 5.75 Å². The molecule has 1 N–H and O–H groups in total. The lowest BCUT2D eigenvalue weighted by molar-refractivity contribution is 0.102. The topological polar surface area (TPSA) is 64.1 Å². The Balaban J connectivity index is 1.71. The maximum absolute atomic E-state index is 12.6. The zero-order valence-electron chi connectivity index (χ0n) is 12.8. The molecule has 0 fully saturated rings. The van der Waals surface area contributed by atoms with Crippen LogP contribution in [-0.4, -0.2) is 23.0 Å². The molecule has 0 saturated heterocycles. The molecule has 0 bridgehead atoms. The van der Waals surface area contributed by atoms with Gasteiger partial charge in [0.2, 0.25) is 0 Å². The Bertz CT molecular complexity index is 1050. The second-order valence-electron chi connectivity index (χ2n) is 5.16. The minimum Gasteiger partial charge on any atom is -0.494 e. The normalized spacial score (nSPS) is 10.9. The van der Waals surface area contributed by atoms with Gasteiger partial charge in [0.05, 0.1) is 11.8 Å². The third kappa shape index (κ3) is 2.47. The molecule has 2 heterocycles. The fourth-order valence-electron chi connectivity index (χ4n) is 2.60. The van der Waals surface area contributed by atoms with E-state index in [1.165, 1.54) is 11.3 Å². The molecule has 4 rings (SSSR count). The van der Waals surface area contributed by atoms with Crippen molar-refractivity contribution in [1.82, 2.24) is 9.97 Å². The van der Waals surface area contributed by atoms with Gasteiger partial charge in [0.1, 0.15) is 17.0 Å². The highest BCUT2D eigenvalue weighted by Gasteiger charge is 2.15. The molecular weight excluding hydrogens is 322 g/mol. The summed E-state index contributed by atoms with van der Waals surface area (Å²) in [4.78, 5) is 21.3. The number of para-hydroxylation sites is 1. The lowest BCUT2D eigenvalue weighted by Gasteiger charge is -2.04. The molecule has 4 aromatic rings. The summed E-state index contributed by atoms with van der Waals surface area (Å²) >= 11 is 1.40. The predicted molar refractivity (Wildman–Crippen MR) is 95.9 cm³/mol. The van der Waals surface area contributed by atoms with E-state index in [1.807, 2.05) is 48.5 Å². The molecule has 0 aliphatic heterocycles. The van der Waals surface area contributed by atoms with Gasteiger partial charge in [0, 0.05) is 11.6 Å². The molecule has 2 aromatic carbocycles. The summed E-state index contributed by atoms with van der Waals surface area (Å²) in [7, 11) is 1.60. The van der Waals surface area contributed by atoms with Gasteiger partial charge in [-0.2, -0.15) is 0 Å². The molecular formula is C18H13N3O2S. The highest BCUT2D eigenvalue weighted by Crippen LogP contribution is 2.32. The number of hydrogen-bond donors (Lipinski definition) is 1. The number of pyridine rings is 1. The van der Waals surface area contributed by atoms with Gasteiger partial charge in [-0.15, -0.1) is 0 Å². The lowest BCUT2D eigenvalue weighted by Crippen LogP contribution is -2.13. The number of nitrogens with one attached hydrogen (secondary N) is 1. The minimum atomic E-state index is -0.273. The first-order valence-electron chi connectivity index (χ1n) is 7.35. The fourth-order valence-corrected chi connectivity index (χ4v) is 3.48. The standard InChI is InChI=1S/C18H13N3O2S/c1-23-13-7-4-8-14-16(13)20-18(24-14)21-17(22)15-12-6-3-2-5-11(12)9-10-19-15/h2-10H,1H3,(H,20,21,22). The number of hydrogen-bond acceptors (Lipinski definition) is 5. The highest BCUT2D eigenvalue weighted by atomic mass is 32.1. The summed E-state index contributed by atoms with van der Waals surface area (Å²) in [6, 6.07) is 15.2. The van der Waals surface area contributed by atoms with E-state index in [9.17, 15) is 4.79 Å². The first-order chi connectivity index (χ1) is 11.8. The number of thiazole rings is 1. The third-order valence-corrected chi connectivity index (χ3v) is 4.65. The van der Waals surface area contributed by atoms with Crippen molar-refractivity contribution in [1.29, 1.82) is 0 Å². The van der Waals surface area contributed by atoms with Gasteiger partial charge in [0.25, 0.3) is 5.91 Å². The Morgan fingerprint density at radius 1 is 1.12 bits per heavy atom. The number of rotatable bonds is 3.